The van der Waals surface area contributed by atoms with Gasteiger partial charge in [0.15, 0.2) is 0 Å². The lowest BCUT2D eigenvalue weighted by molar-refractivity contribution is 0.102. The van der Waals surface area contributed by atoms with E-state index < -0.39 is 0 Å². The number of hydrogen-bond donors (Lipinski definition) is 2. The summed E-state index contributed by atoms with van der Waals surface area (Å²) in [6.45, 7) is 0. The number of carbonyl (C=O) groups excluding carboxylic acids is 1. The minimum Gasteiger partial charge on any atom is -0.321 e. The van der Waals surface area contributed by atoms with Crippen LogP contribution in [0.2, 0.25) is 10.0 Å². The van der Waals surface area contributed by atoms with E-state index in [-0.39, 0.29) is 27.4 Å². The van der Waals surface area contributed by atoms with Gasteiger partial charge in [0.1, 0.15) is 12.1 Å². The van der Waals surface area contributed by atoms with Crippen molar-refractivity contribution in [2.45, 2.75) is 0 Å². The Morgan fingerprint density at radius 2 is 1.62 bits per heavy atom. The van der Waals surface area contributed by atoms with Crippen molar-refractivity contribution >= 4 is 46.2 Å². The van der Waals surface area contributed by atoms with Crippen LogP contribution in [0.1, 0.15) is 10.4 Å². The van der Waals surface area contributed by atoms with Gasteiger partial charge in [-0.3, -0.25) is 10.2 Å². The molecule has 0 spiro atoms. The van der Waals surface area contributed by atoms with Crippen LogP contribution >= 0.6 is 23.2 Å². The smallest absolute Gasteiger partial charge is 0.255 e. The Morgan fingerprint density at radius 3 is 2.25 bits per heavy atom. The lowest BCUT2D eigenvalue weighted by Gasteiger charge is -2.11. The topological polar surface area (TPSA) is 101 Å². The van der Waals surface area contributed by atoms with Gasteiger partial charge in [0.05, 0.1) is 21.4 Å². The zero-order valence-electron chi connectivity index (χ0n) is 12.0. The van der Waals surface area contributed by atoms with Gasteiger partial charge < -0.3 is 5.32 Å². The summed E-state index contributed by atoms with van der Waals surface area (Å²) in [6.07, 6.45) is 0. The molecule has 0 aliphatic rings. The zero-order chi connectivity index (χ0) is 17.5. The van der Waals surface area contributed by atoms with Crippen LogP contribution < -0.4 is 10.7 Å². The first kappa shape index (κ1) is 17.3. The summed E-state index contributed by atoms with van der Waals surface area (Å²) in [7, 11) is 0. The Morgan fingerprint density at radius 1 is 1.00 bits per heavy atom. The third-order valence-corrected chi connectivity index (χ3v) is 3.47. The SMILES string of the molecule is N#CC(C#N)=NNc1cc(NC(=O)c2ccccc2)c(Cl)cc1Cl. The van der Waals surface area contributed by atoms with Crippen molar-refractivity contribution in [3.63, 3.8) is 0 Å². The average Bonchev–Trinajstić information content (AvgIpc) is 2.60. The molecular weight excluding hydrogens is 349 g/mol. The molecule has 0 aliphatic carbocycles. The second-order valence-corrected chi connectivity index (χ2v) is 5.24. The predicted octanol–water partition coefficient (Wildman–Crippen LogP) is 4.06. The molecule has 2 rings (SSSR count). The Balaban J connectivity index is 2.27. The van der Waals surface area contributed by atoms with E-state index in [1.807, 2.05) is 0 Å². The maximum atomic E-state index is 12.2. The van der Waals surface area contributed by atoms with Gasteiger partial charge in [0.25, 0.3) is 5.91 Å². The van der Waals surface area contributed by atoms with Crippen LogP contribution in [0.15, 0.2) is 47.6 Å². The normalized spacial score (nSPS) is 9.33. The standard InChI is InChI=1S/C16H9Cl2N5O/c17-12-6-13(18)15(23-22-11(8-19)9-20)7-14(12)21-16(24)10-4-2-1-3-5-10/h1-7,23H,(H,21,24). The van der Waals surface area contributed by atoms with Crippen molar-refractivity contribution in [1.82, 2.24) is 0 Å². The number of benzene rings is 2. The zero-order valence-corrected chi connectivity index (χ0v) is 13.6. The van der Waals surface area contributed by atoms with E-state index in [1.54, 1.807) is 42.5 Å². The minimum absolute atomic E-state index is 0.219. The fourth-order valence-corrected chi connectivity index (χ4v) is 2.18. The van der Waals surface area contributed by atoms with Crippen LogP contribution in [-0.4, -0.2) is 11.6 Å². The number of nitrogens with one attached hydrogen (secondary N) is 2. The molecule has 0 fully saturated rings. The van der Waals surface area contributed by atoms with Crippen molar-refractivity contribution < 1.29 is 4.79 Å². The maximum absolute atomic E-state index is 12.2. The molecule has 24 heavy (non-hydrogen) atoms. The average molecular weight is 358 g/mol. The van der Waals surface area contributed by atoms with Crippen molar-refractivity contribution in [2.24, 2.45) is 5.10 Å². The number of nitrogens with zero attached hydrogens (tertiary/aromatic N) is 3. The summed E-state index contributed by atoms with van der Waals surface area (Å²) in [5, 5.41) is 24.0. The second-order valence-electron chi connectivity index (χ2n) is 4.43. The summed E-state index contributed by atoms with van der Waals surface area (Å²) in [5.74, 6) is -0.344. The number of nitriles is 2. The number of hydrogen-bond acceptors (Lipinski definition) is 5. The summed E-state index contributed by atoms with van der Waals surface area (Å²) >= 11 is 12.1. The number of halogens is 2. The molecule has 0 heterocycles. The molecule has 6 nitrogen and oxygen atoms in total. The lowest BCUT2D eigenvalue weighted by Crippen LogP contribution is -2.12. The highest BCUT2D eigenvalue weighted by atomic mass is 35.5. The summed E-state index contributed by atoms with van der Waals surface area (Å²) in [6, 6.07) is 14.7. The lowest BCUT2D eigenvalue weighted by atomic mass is 10.2. The summed E-state index contributed by atoms with van der Waals surface area (Å²) in [4.78, 5) is 12.2. The second kappa shape index (κ2) is 7.98. The molecule has 8 heteroatoms. The third kappa shape index (κ3) is 4.23. The van der Waals surface area contributed by atoms with Crippen LogP contribution in [0.3, 0.4) is 0 Å². The number of anilines is 2. The van der Waals surface area contributed by atoms with Gasteiger partial charge in [-0.15, -0.1) is 0 Å². The predicted molar refractivity (Wildman–Crippen MR) is 93.1 cm³/mol. The highest BCUT2D eigenvalue weighted by molar-refractivity contribution is 6.38. The van der Waals surface area contributed by atoms with E-state index in [0.29, 0.717) is 11.3 Å². The molecule has 0 unspecified atom stereocenters. The molecule has 0 radical (unpaired) electrons. The van der Waals surface area contributed by atoms with Crippen molar-refractivity contribution in [1.29, 1.82) is 10.5 Å². The molecule has 118 valence electrons. The molecule has 0 bridgehead atoms. The van der Waals surface area contributed by atoms with Crippen molar-refractivity contribution in [3.8, 4) is 12.1 Å². The molecule has 0 saturated carbocycles. The van der Waals surface area contributed by atoms with Crippen molar-refractivity contribution in [3.05, 3.63) is 58.1 Å². The van der Waals surface area contributed by atoms with E-state index in [9.17, 15) is 4.79 Å². The van der Waals surface area contributed by atoms with E-state index in [2.05, 4.69) is 15.8 Å². The summed E-state index contributed by atoms with van der Waals surface area (Å²) in [5.41, 5.74) is 3.19. The third-order valence-electron chi connectivity index (χ3n) is 2.84. The maximum Gasteiger partial charge on any atom is 0.255 e. The Bertz CT molecular complexity index is 866. The van der Waals surface area contributed by atoms with Crippen LogP contribution in [0.25, 0.3) is 0 Å². The largest absolute Gasteiger partial charge is 0.321 e. The van der Waals surface area contributed by atoms with Gasteiger partial charge in [0, 0.05) is 5.56 Å². The van der Waals surface area contributed by atoms with Gasteiger partial charge in [-0.25, -0.2) is 0 Å². The first-order valence-electron chi connectivity index (χ1n) is 6.54. The van der Waals surface area contributed by atoms with Crippen molar-refractivity contribution in [2.75, 3.05) is 10.7 Å². The van der Waals surface area contributed by atoms with E-state index in [4.69, 9.17) is 33.7 Å². The van der Waals surface area contributed by atoms with Gasteiger partial charge >= 0.3 is 0 Å². The number of rotatable bonds is 4. The van der Waals surface area contributed by atoms with Gasteiger partial charge in [-0.05, 0) is 24.3 Å². The van der Waals surface area contributed by atoms with Crippen LogP contribution in [-0.2, 0) is 0 Å². The molecule has 1 amide bonds. The summed E-state index contributed by atoms with van der Waals surface area (Å²) < 4.78 is 0. The quantitative estimate of drug-likeness (QED) is 0.636. The van der Waals surface area contributed by atoms with E-state index in [0.717, 1.165) is 0 Å². The first-order chi connectivity index (χ1) is 11.5. The molecule has 0 aliphatic heterocycles. The van der Waals surface area contributed by atoms with Crippen LogP contribution in [0, 0.1) is 22.7 Å². The van der Waals surface area contributed by atoms with Gasteiger partial charge in [-0.2, -0.15) is 15.6 Å². The minimum atomic E-state index is -0.365. The van der Waals surface area contributed by atoms with Gasteiger partial charge in [-0.1, -0.05) is 41.4 Å². The number of amides is 1. The highest BCUT2D eigenvalue weighted by Gasteiger charge is 2.11. The van der Waals surface area contributed by atoms with Gasteiger partial charge in [0.2, 0.25) is 5.71 Å². The molecule has 2 N–H and O–H groups in total. The van der Waals surface area contributed by atoms with Crippen LogP contribution in [0.5, 0.6) is 0 Å². The molecule has 2 aromatic carbocycles. The first-order valence-corrected chi connectivity index (χ1v) is 7.30. The number of hydrazone groups is 1. The Kier molecular flexibility index (Phi) is 5.75. The fourth-order valence-electron chi connectivity index (χ4n) is 1.71. The molecule has 2 aromatic rings. The Hall–Kier alpha value is -3.06. The molecule has 0 atom stereocenters. The monoisotopic (exact) mass is 357 g/mol. The molecule has 0 aromatic heterocycles. The number of carbonyl (C=O) groups is 1. The van der Waals surface area contributed by atoms with E-state index in [1.165, 1.54) is 12.1 Å². The molecular formula is C16H9Cl2N5O. The van der Waals surface area contributed by atoms with E-state index >= 15 is 0 Å². The van der Waals surface area contributed by atoms with Crippen LogP contribution in [0.4, 0.5) is 11.4 Å². The highest BCUT2D eigenvalue weighted by Crippen LogP contribution is 2.33. The Labute approximate surface area is 147 Å². The fraction of sp³-hybridized carbons (Fsp3) is 0. The molecule has 0 saturated heterocycles.